The van der Waals surface area contributed by atoms with Gasteiger partial charge in [-0.25, -0.2) is 0 Å². The molecular formula is C13H25NSi. The molecule has 0 heterocycles. The summed E-state index contributed by atoms with van der Waals surface area (Å²) in [7, 11) is -1.42. The lowest BCUT2D eigenvalue weighted by molar-refractivity contribution is 0.727. The molecule has 0 aromatic carbocycles. The highest BCUT2D eigenvalue weighted by molar-refractivity contribution is 6.84. The lowest BCUT2D eigenvalue weighted by atomic mass is 10.1. The highest BCUT2D eigenvalue weighted by atomic mass is 28.3. The Kier molecular flexibility index (Phi) is 5.31. The Morgan fingerprint density at radius 2 is 1.87 bits per heavy atom. The van der Waals surface area contributed by atoms with Crippen molar-refractivity contribution < 1.29 is 0 Å². The minimum Gasteiger partial charge on any atom is -0.193 e. The summed E-state index contributed by atoms with van der Waals surface area (Å²) in [5.41, 5.74) is 3.30. The van der Waals surface area contributed by atoms with Gasteiger partial charge in [0.1, 0.15) is 0 Å². The average Bonchev–Trinajstić information content (AvgIpc) is 2.10. The molecule has 0 aromatic heterocycles. The predicted molar refractivity (Wildman–Crippen MR) is 70.4 cm³/mol. The third-order valence-electron chi connectivity index (χ3n) is 3.41. The molecule has 0 unspecified atom stereocenters. The van der Waals surface area contributed by atoms with Crippen LogP contribution in [0.25, 0.3) is 0 Å². The van der Waals surface area contributed by atoms with Crippen molar-refractivity contribution in [2.75, 3.05) is 0 Å². The van der Waals surface area contributed by atoms with Gasteiger partial charge >= 0.3 is 0 Å². The molecule has 0 amide bonds. The molecule has 0 aliphatic heterocycles. The van der Waals surface area contributed by atoms with E-state index >= 15 is 0 Å². The molecule has 0 saturated heterocycles. The summed E-state index contributed by atoms with van der Waals surface area (Å²) >= 11 is 0. The molecule has 0 radical (unpaired) electrons. The van der Waals surface area contributed by atoms with Crippen LogP contribution < -0.4 is 0 Å². The Hall–Kier alpha value is -0.553. The number of hydrogen-bond acceptors (Lipinski definition) is 1. The summed E-state index contributed by atoms with van der Waals surface area (Å²) in [6.07, 6.45) is 3.25. The molecule has 86 valence electrons. The van der Waals surface area contributed by atoms with Crippen LogP contribution in [0, 0.1) is 11.3 Å². The quantitative estimate of drug-likeness (QED) is 0.502. The predicted octanol–water partition coefficient (Wildman–Crippen LogP) is 4.67. The number of rotatable bonds is 4. The third-order valence-corrected chi connectivity index (χ3v) is 8.35. The highest BCUT2D eigenvalue weighted by Gasteiger charge is 2.33. The van der Waals surface area contributed by atoms with Crippen LogP contribution in [0.4, 0.5) is 0 Å². The van der Waals surface area contributed by atoms with Crippen LogP contribution in [0.2, 0.25) is 18.1 Å². The van der Waals surface area contributed by atoms with Crippen LogP contribution in [-0.2, 0) is 0 Å². The van der Waals surface area contributed by atoms with Gasteiger partial charge in [0.15, 0.2) is 0 Å². The Morgan fingerprint density at radius 3 is 2.20 bits per heavy atom. The fourth-order valence-corrected chi connectivity index (χ4v) is 2.69. The molecule has 2 heteroatoms. The molecule has 0 saturated carbocycles. The third kappa shape index (κ3) is 4.66. The molecule has 0 rings (SSSR count). The van der Waals surface area contributed by atoms with Crippen molar-refractivity contribution >= 4 is 8.07 Å². The van der Waals surface area contributed by atoms with Crippen molar-refractivity contribution in [3.8, 4) is 6.07 Å². The second-order valence-corrected chi connectivity index (χ2v) is 11.1. The first-order chi connectivity index (χ1) is 6.74. The fraction of sp³-hybridized carbons (Fsp3) is 0.769. The topological polar surface area (TPSA) is 23.8 Å². The number of allylic oxidation sites excluding steroid dienone is 1. The van der Waals surface area contributed by atoms with E-state index in [0.29, 0.717) is 5.04 Å². The van der Waals surface area contributed by atoms with Crippen LogP contribution in [0.15, 0.2) is 11.3 Å². The molecule has 0 aliphatic carbocycles. The van der Waals surface area contributed by atoms with Gasteiger partial charge < -0.3 is 0 Å². The van der Waals surface area contributed by atoms with E-state index in [2.05, 4.69) is 52.6 Å². The van der Waals surface area contributed by atoms with E-state index in [1.807, 2.05) is 0 Å². The maximum Gasteiger partial charge on any atom is 0.0939 e. The number of nitrogens with zero attached hydrogens (tertiary/aromatic N) is 1. The lowest BCUT2D eigenvalue weighted by Crippen LogP contribution is -2.35. The van der Waals surface area contributed by atoms with E-state index < -0.39 is 8.07 Å². The van der Waals surface area contributed by atoms with Crippen LogP contribution in [0.1, 0.15) is 47.0 Å². The van der Waals surface area contributed by atoms with Gasteiger partial charge in [-0.3, -0.25) is 0 Å². The summed E-state index contributed by atoms with van der Waals surface area (Å²) < 4.78 is 0. The summed E-state index contributed by atoms with van der Waals surface area (Å²) in [5.74, 6) is 0. The van der Waals surface area contributed by atoms with E-state index in [9.17, 15) is 0 Å². The van der Waals surface area contributed by atoms with Gasteiger partial charge in [0.2, 0.25) is 0 Å². The average molecular weight is 223 g/mol. The molecular weight excluding hydrogens is 198 g/mol. The maximum absolute atomic E-state index is 9.09. The first-order valence-corrected chi connectivity index (χ1v) is 8.94. The second kappa shape index (κ2) is 5.51. The van der Waals surface area contributed by atoms with Gasteiger partial charge in [-0.15, -0.1) is 0 Å². The molecule has 1 nitrogen and oxygen atoms in total. The van der Waals surface area contributed by atoms with E-state index in [4.69, 9.17) is 5.26 Å². The zero-order valence-electron chi connectivity index (χ0n) is 11.1. The highest BCUT2D eigenvalue weighted by Crippen LogP contribution is 2.37. The summed E-state index contributed by atoms with van der Waals surface area (Å²) in [6, 6.07) is 2.36. The molecule has 0 bridgehead atoms. The lowest BCUT2D eigenvalue weighted by Gasteiger charge is -2.34. The minimum absolute atomic E-state index is 0.335. The molecule has 0 aromatic rings. The smallest absolute Gasteiger partial charge is 0.0939 e. The Morgan fingerprint density at radius 1 is 1.33 bits per heavy atom. The Bertz CT molecular complexity index is 263. The van der Waals surface area contributed by atoms with Crippen LogP contribution in [0.3, 0.4) is 0 Å². The number of nitriles is 1. The SMILES string of the molecule is CCCCC(C#N)=C[Si](C)(C)C(C)(C)C. The van der Waals surface area contributed by atoms with Crippen molar-refractivity contribution in [3.63, 3.8) is 0 Å². The largest absolute Gasteiger partial charge is 0.193 e. The van der Waals surface area contributed by atoms with E-state index in [1.54, 1.807) is 0 Å². The standard InChI is InChI=1S/C13H25NSi/c1-7-8-9-12(10-14)11-15(5,6)13(2,3)4/h11H,7-9H2,1-6H3. The zero-order chi connectivity index (χ0) is 12.1. The van der Waals surface area contributed by atoms with Crippen molar-refractivity contribution in [1.29, 1.82) is 5.26 Å². The monoisotopic (exact) mass is 223 g/mol. The number of unbranched alkanes of at least 4 members (excludes halogenated alkanes) is 1. The van der Waals surface area contributed by atoms with Gasteiger partial charge in [0.05, 0.1) is 14.1 Å². The molecule has 0 atom stereocenters. The first kappa shape index (κ1) is 14.4. The van der Waals surface area contributed by atoms with Crippen LogP contribution >= 0.6 is 0 Å². The van der Waals surface area contributed by atoms with Crippen molar-refractivity contribution in [3.05, 3.63) is 11.3 Å². The van der Waals surface area contributed by atoms with Crippen molar-refractivity contribution in [2.45, 2.75) is 65.1 Å². The molecule has 15 heavy (non-hydrogen) atoms. The van der Waals surface area contributed by atoms with Crippen molar-refractivity contribution in [2.24, 2.45) is 0 Å². The summed E-state index contributed by atoms with van der Waals surface area (Å²) in [5, 5.41) is 9.42. The Balaban J connectivity index is 4.76. The van der Waals surface area contributed by atoms with Gasteiger partial charge in [-0.2, -0.15) is 5.26 Å². The van der Waals surface area contributed by atoms with E-state index in [1.165, 1.54) is 0 Å². The molecule has 0 spiro atoms. The molecule has 0 N–H and O–H groups in total. The first-order valence-electron chi connectivity index (χ1n) is 5.86. The van der Waals surface area contributed by atoms with Crippen molar-refractivity contribution in [1.82, 2.24) is 0 Å². The van der Waals surface area contributed by atoms with Gasteiger partial charge in [0.25, 0.3) is 0 Å². The second-order valence-electron chi connectivity index (χ2n) is 5.86. The van der Waals surface area contributed by atoms with Gasteiger partial charge in [0, 0.05) is 5.57 Å². The van der Waals surface area contributed by atoms with E-state index in [-0.39, 0.29) is 0 Å². The minimum atomic E-state index is -1.42. The number of hydrogen-bond donors (Lipinski definition) is 0. The van der Waals surface area contributed by atoms with Gasteiger partial charge in [-0.05, 0) is 17.9 Å². The van der Waals surface area contributed by atoms with E-state index in [0.717, 1.165) is 24.8 Å². The zero-order valence-corrected chi connectivity index (χ0v) is 12.1. The maximum atomic E-state index is 9.09. The fourth-order valence-electron chi connectivity index (χ4n) is 1.18. The normalized spacial score (nSPS) is 13.8. The molecule has 0 aliphatic rings. The Labute approximate surface area is 96.2 Å². The van der Waals surface area contributed by atoms with Gasteiger partial charge in [-0.1, -0.05) is 52.9 Å². The van der Waals surface area contributed by atoms with Crippen LogP contribution in [-0.4, -0.2) is 8.07 Å². The summed E-state index contributed by atoms with van der Waals surface area (Å²) in [4.78, 5) is 0. The molecule has 0 fully saturated rings. The van der Waals surface area contributed by atoms with Crippen LogP contribution in [0.5, 0.6) is 0 Å². The summed E-state index contributed by atoms with van der Waals surface area (Å²) in [6.45, 7) is 13.7.